The Morgan fingerprint density at radius 2 is 1.93 bits per heavy atom. The molecule has 12 nitrogen and oxygen atoms in total. The number of hydrogen-bond acceptors (Lipinski definition) is 8. The van der Waals surface area contributed by atoms with Crippen LogP contribution in [0.15, 0.2) is 18.3 Å². The van der Waals surface area contributed by atoms with Gasteiger partial charge < -0.3 is 29.9 Å². The number of anilines is 1. The standard InChI is InChI=1S/C30H38N6O6/c1-29(2,3)23(33-28(40)41-4)26(38)35-14-19-16-7-9-17(10-8-16)21(19)22(35)25(37)36-15-30(12-18(36)13-31)27(39)34-24-20(42-30)6-5-11-32-24/h5-6,11,16-19,21-23H,7-10,12,14-15H2,1-4H3,(H,33,40)(H,32,34,39). The molecule has 4 amide bonds. The minimum atomic E-state index is -1.44. The third-order valence-corrected chi connectivity index (χ3v) is 10.1. The average molecular weight is 579 g/mol. The first-order chi connectivity index (χ1) is 20.0. The molecule has 6 aliphatic rings. The summed E-state index contributed by atoms with van der Waals surface area (Å²) in [6, 6.07) is 2.97. The molecule has 1 spiro atoms. The summed E-state index contributed by atoms with van der Waals surface area (Å²) in [5, 5.41) is 15.7. The summed E-state index contributed by atoms with van der Waals surface area (Å²) >= 11 is 0. The molecule has 1 aromatic heterocycles. The Hall–Kier alpha value is -3.88. The number of fused-ring (bicyclic) bond motifs is 3. The van der Waals surface area contributed by atoms with Crippen molar-refractivity contribution in [3.05, 3.63) is 18.3 Å². The molecule has 4 heterocycles. The molecule has 1 aromatic rings. The molecule has 3 aliphatic carbocycles. The molecule has 7 rings (SSSR count). The van der Waals surface area contributed by atoms with Crippen LogP contribution < -0.4 is 15.4 Å². The van der Waals surface area contributed by atoms with Gasteiger partial charge in [0.15, 0.2) is 11.6 Å². The van der Waals surface area contributed by atoms with Crippen molar-refractivity contribution in [2.45, 2.75) is 76.6 Å². The van der Waals surface area contributed by atoms with E-state index in [1.165, 1.54) is 12.0 Å². The molecule has 5 fully saturated rings. The van der Waals surface area contributed by atoms with Crippen LogP contribution in [0.1, 0.15) is 52.9 Å². The van der Waals surface area contributed by atoms with Crippen molar-refractivity contribution in [2.75, 3.05) is 25.5 Å². The van der Waals surface area contributed by atoms with Crippen LogP contribution in [-0.4, -0.2) is 82.5 Å². The molecule has 2 N–H and O–H groups in total. The normalized spacial score (nSPS) is 33.6. The lowest BCUT2D eigenvalue weighted by Gasteiger charge is -2.47. The lowest BCUT2D eigenvalue weighted by Crippen LogP contribution is -2.60. The highest BCUT2D eigenvalue weighted by molar-refractivity contribution is 6.01. The number of pyridine rings is 1. The summed E-state index contributed by atoms with van der Waals surface area (Å²) in [7, 11) is 1.25. The van der Waals surface area contributed by atoms with Crippen molar-refractivity contribution in [1.82, 2.24) is 20.1 Å². The number of hydrogen-bond donors (Lipinski definition) is 2. The molecule has 3 aliphatic heterocycles. The fourth-order valence-electron chi connectivity index (χ4n) is 8.12. The van der Waals surface area contributed by atoms with Crippen LogP contribution in [-0.2, 0) is 19.1 Å². The molecule has 6 atom stereocenters. The molecule has 224 valence electrons. The third kappa shape index (κ3) is 4.44. The predicted molar refractivity (Wildman–Crippen MR) is 149 cm³/mol. The second kappa shape index (κ2) is 10.1. The Labute approximate surface area is 245 Å². The first-order valence-electron chi connectivity index (χ1n) is 14.8. The van der Waals surface area contributed by atoms with E-state index < -0.39 is 41.1 Å². The first-order valence-corrected chi connectivity index (χ1v) is 14.8. The van der Waals surface area contributed by atoms with Crippen molar-refractivity contribution < 1.29 is 28.7 Å². The van der Waals surface area contributed by atoms with Gasteiger partial charge in [-0.15, -0.1) is 0 Å². The van der Waals surface area contributed by atoms with Crippen LogP contribution in [0.25, 0.3) is 0 Å². The Morgan fingerprint density at radius 3 is 2.60 bits per heavy atom. The van der Waals surface area contributed by atoms with Gasteiger partial charge in [-0.1, -0.05) is 20.8 Å². The van der Waals surface area contributed by atoms with E-state index in [4.69, 9.17) is 9.47 Å². The number of ether oxygens (including phenoxy) is 2. The van der Waals surface area contributed by atoms with Gasteiger partial charge in [0.2, 0.25) is 17.4 Å². The summed E-state index contributed by atoms with van der Waals surface area (Å²) < 4.78 is 11.0. The van der Waals surface area contributed by atoms with Crippen LogP contribution in [0.4, 0.5) is 10.6 Å². The number of carbonyl (C=O) groups excluding carboxylic acids is 4. The molecule has 6 unspecified atom stereocenters. The number of alkyl carbamates (subject to hydrolysis) is 1. The average Bonchev–Trinajstić information content (AvgIpc) is 3.57. The molecular formula is C30H38N6O6. The predicted octanol–water partition coefficient (Wildman–Crippen LogP) is 2.31. The highest BCUT2D eigenvalue weighted by Gasteiger charge is 2.62. The second-order valence-electron chi connectivity index (χ2n) is 13.5. The van der Waals surface area contributed by atoms with Crippen molar-refractivity contribution in [2.24, 2.45) is 29.1 Å². The van der Waals surface area contributed by atoms with Crippen LogP contribution in [0, 0.1) is 40.4 Å². The Kier molecular flexibility index (Phi) is 6.82. The van der Waals surface area contributed by atoms with Gasteiger partial charge in [0, 0.05) is 19.2 Å². The van der Waals surface area contributed by atoms with Gasteiger partial charge in [0.25, 0.3) is 5.91 Å². The summed E-state index contributed by atoms with van der Waals surface area (Å²) in [5.74, 6) is 0.376. The van der Waals surface area contributed by atoms with Crippen molar-refractivity contribution in [3.8, 4) is 11.8 Å². The first kappa shape index (κ1) is 28.2. The van der Waals surface area contributed by atoms with Gasteiger partial charge in [-0.2, -0.15) is 5.26 Å². The molecule has 12 heteroatoms. The molecule has 3 saturated carbocycles. The minimum absolute atomic E-state index is 0.00470. The molecule has 2 bridgehead atoms. The van der Waals surface area contributed by atoms with Crippen LogP contribution in [0.5, 0.6) is 5.75 Å². The van der Waals surface area contributed by atoms with E-state index in [1.807, 2.05) is 20.8 Å². The van der Waals surface area contributed by atoms with Crippen LogP contribution in [0.2, 0.25) is 0 Å². The van der Waals surface area contributed by atoms with Gasteiger partial charge in [-0.05, 0) is 66.9 Å². The van der Waals surface area contributed by atoms with Gasteiger partial charge in [-0.3, -0.25) is 14.4 Å². The molecule has 2 saturated heterocycles. The third-order valence-electron chi connectivity index (χ3n) is 10.1. The zero-order chi connectivity index (χ0) is 30.0. The topological polar surface area (TPSA) is 154 Å². The van der Waals surface area contributed by atoms with E-state index in [0.717, 1.165) is 25.7 Å². The zero-order valence-electron chi connectivity index (χ0n) is 24.5. The number of carbonyl (C=O) groups is 4. The van der Waals surface area contributed by atoms with Crippen molar-refractivity contribution >= 4 is 29.6 Å². The van der Waals surface area contributed by atoms with Gasteiger partial charge in [-0.25, -0.2) is 9.78 Å². The van der Waals surface area contributed by atoms with Crippen molar-refractivity contribution in [3.63, 3.8) is 0 Å². The quantitative estimate of drug-likeness (QED) is 0.554. The molecule has 42 heavy (non-hydrogen) atoms. The Bertz CT molecular complexity index is 1350. The summed E-state index contributed by atoms with van der Waals surface area (Å²) in [6.07, 6.45) is 4.99. The smallest absolute Gasteiger partial charge is 0.407 e. The molecule has 0 aromatic carbocycles. The number of amides is 4. The molecular weight excluding hydrogens is 540 g/mol. The van der Waals surface area contributed by atoms with Gasteiger partial charge in [0.1, 0.15) is 18.1 Å². The fourth-order valence-corrected chi connectivity index (χ4v) is 8.12. The maximum atomic E-state index is 14.7. The number of nitrogens with zero attached hydrogens (tertiary/aromatic N) is 4. The van der Waals surface area contributed by atoms with E-state index >= 15 is 0 Å². The zero-order valence-corrected chi connectivity index (χ0v) is 24.5. The van der Waals surface area contributed by atoms with E-state index in [2.05, 4.69) is 21.7 Å². The lowest BCUT2D eigenvalue weighted by molar-refractivity contribution is -0.149. The Morgan fingerprint density at radius 1 is 1.21 bits per heavy atom. The van der Waals surface area contributed by atoms with Crippen LogP contribution >= 0.6 is 0 Å². The number of rotatable bonds is 3. The number of likely N-dealkylation sites (tertiary alicyclic amines) is 2. The second-order valence-corrected chi connectivity index (χ2v) is 13.5. The van der Waals surface area contributed by atoms with E-state index in [9.17, 15) is 24.4 Å². The summed E-state index contributed by atoms with van der Waals surface area (Å²) in [5.41, 5.74) is -2.10. The summed E-state index contributed by atoms with van der Waals surface area (Å²) in [4.78, 5) is 61.8. The maximum Gasteiger partial charge on any atom is 0.407 e. The Balaban J connectivity index is 1.35. The highest BCUT2D eigenvalue weighted by atomic mass is 16.5. The number of nitriles is 1. The summed E-state index contributed by atoms with van der Waals surface area (Å²) in [6.45, 7) is 5.88. The van der Waals surface area contributed by atoms with E-state index in [0.29, 0.717) is 24.0 Å². The van der Waals surface area contributed by atoms with Crippen molar-refractivity contribution in [1.29, 1.82) is 5.26 Å². The minimum Gasteiger partial charge on any atom is -0.472 e. The monoisotopic (exact) mass is 578 g/mol. The van der Waals surface area contributed by atoms with Gasteiger partial charge >= 0.3 is 6.09 Å². The largest absolute Gasteiger partial charge is 0.472 e. The maximum absolute atomic E-state index is 14.7. The molecule has 0 radical (unpaired) electrons. The van der Waals surface area contributed by atoms with E-state index in [1.54, 1.807) is 23.2 Å². The number of aromatic nitrogens is 1. The van der Waals surface area contributed by atoms with E-state index in [-0.39, 0.29) is 42.5 Å². The fraction of sp³-hybridized carbons (Fsp3) is 0.667. The highest BCUT2D eigenvalue weighted by Crippen LogP contribution is 2.55. The lowest BCUT2D eigenvalue weighted by atomic mass is 9.58. The van der Waals surface area contributed by atoms with Crippen LogP contribution in [0.3, 0.4) is 0 Å². The number of methoxy groups -OCH3 is 1. The number of nitrogens with one attached hydrogen (secondary N) is 2. The van der Waals surface area contributed by atoms with Gasteiger partial charge in [0.05, 0.1) is 19.7 Å². The SMILES string of the molecule is COC(=O)NC(C(=O)N1CC2C3CCC(CC3)C2C1C(=O)N1CC2(CC1C#N)Oc1cccnc1NC2=O)C(C)(C)C.